The fourth-order valence-corrected chi connectivity index (χ4v) is 3.61. The number of benzene rings is 2. The lowest BCUT2D eigenvalue weighted by Crippen LogP contribution is -2.19. The van der Waals surface area contributed by atoms with Crippen LogP contribution >= 0.6 is 0 Å². The van der Waals surface area contributed by atoms with Crippen molar-refractivity contribution in [1.82, 2.24) is 20.1 Å². The van der Waals surface area contributed by atoms with Crippen LogP contribution in [0, 0.1) is 6.92 Å². The van der Waals surface area contributed by atoms with Crippen LogP contribution in [0.2, 0.25) is 0 Å². The molecule has 0 radical (unpaired) electrons. The van der Waals surface area contributed by atoms with Crippen LogP contribution in [0.25, 0.3) is 0 Å². The zero-order chi connectivity index (χ0) is 16.4. The quantitative estimate of drug-likeness (QED) is 0.784. The van der Waals surface area contributed by atoms with Crippen LogP contribution in [-0.4, -0.2) is 14.8 Å². The summed E-state index contributed by atoms with van der Waals surface area (Å²) in [4.78, 5) is 3.98. The van der Waals surface area contributed by atoms with Gasteiger partial charge >= 0.3 is 0 Å². The molecule has 1 heterocycles. The molecular weight excluding hydrogens is 296 g/mol. The van der Waals surface area contributed by atoms with Gasteiger partial charge in [0.05, 0.1) is 6.54 Å². The Kier molecular flexibility index (Phi) is 4.13. The molecule has 0 spiro atoms. The van der Waals surface area contributed by atoms with Crippen molar-refractivity contribution in [3.05, 3.63) is 82.9 Å². The van der Waals surface area contributed by atoms with Gasteiger partial charge in [-0.3, -0.25) is 0 Å². The molecule has 1 aliphatic carbocycles. The van der Waals surface area contributed by atoms with Crippen molar-refractivity contribution >= 4 is 0 Å². The Bertz CT molecular complexity index is 806. The van der Waals surface area contributed by atoms with E-state index in [1.807, 2.05) is 4.68 Å². The van der Waals surface area contributed by atoms with Crippen molar-refractivity contribution in [2.24, 2.45) is 0 Å². The minimum atomic E-state index is 0.482. The second-order valence-electron chi connectivity index (χ2n) is 6.53. The van der Waals surface area contributed by atoms with Crippen molar-refractivity contribution in [1.29, 1.82) is 0 Å². The average Bonchev–Trinajstić information content (AvgIpc) is 3.25. The molecule has 0 amide bonds. The number of hydrogen-bond acceptors (Lipinski definition) is 3. The molecule has 122 valence electrons. The molecular formula is C20H22N4. The summed E-state index contributed by atoms with van der Waals surface area (Å²) in [5, 5.41) is 7.88. The average molecular weight is 318 g/mol. The molecule has 0 fully saturated rings. The second-order valence-corrected chi connectivity index (χ2v) is 6.53. The largest absolute Gasteiger partial charge is 0.306 e. The third-order valence-corrected chi connectivity index (χ3v) is 4.85. The Morgan fingerprint density at radius 2 is 1.96 bits per heavy atom. The summed E-state index contributed by atoms with van der Waals surface area (Å²) in [6.45, 7) is 3.89. The maximum atomic E-state index is 4.15. The van der Waals surface area contributed by atoms with Gasteiger partial charge in [0.25, 0.3) is 0 Å². The lowest BCUT2D eigenvalue weighted by molar-refractivity contribution is 0.528. The minimum absolute atomic E-state index is 0.482. The standard InChI is InChI=1S/C20H22N4/c1-15-3-2-4-18-9-10-19(20(15)18)22-11-16-5-7-17(8-6-16)12-24-14-21-13-23-24/h2-8,13-14,19,22H,9-12H2,1H3. The molecule has 0 bridgehead atoms. The van der Waals surface area contributed by atoms with Gasteiger partial charge in [0.1, 0.15) is 12.7 Å². The highest BCUT2D eigenvalue weighted by Crippen LogP contribution is 2.33. The Labute approximate surface area is 142 Å². The summed E-state index contributed by atoms with van der Waals surface area (Å²) in [5.74, 6) is 0. The van der Waals surface area contributed by atoms with Gasteiger partial charge in [0.2, 0.25) is 0 Å². The van der Waals surface area contributed by atoms with Gasteiger partial charge in [-0.05, 0) is 47.6 Å². The molecule has 0 aliphatic heterocycles. The smallest absolute Gasteiger partial charge is 0.137 e. The van der Waals surface area contributed by atoms with Crippen molar-refractivity contribution in [2.45, 2.75) is 38.9 Å². The predicted molar refractivity (Wildman–Crippen MR) is 94.6 cm³/mol. The van der Waals surface area contributed by atoms with Gasteiger partial charge in [-0.1, -0.05) is 42.5 Å². The lowest BCUT2D eigenvalue weighted by Gasteiger charge is -2.16. The van der Waals surface area contributed by atoms with Crippen LogP contribution in [0.3, 0.4) is 0 Å². The molecule has 1 aliphatic rings. The highest BCUT2D eigenvalue weighted by atomic mass is 15.3. The molecule has 3 aromatic rings. The molecule has 4 heteroatoms. The first-order valence-corrected chi connectivity index (χ1v) is 8.51. The number of hydrogen-bond donors (Lipinski definition) is 1. The zero-order valence-electron chi connectivity index (χ0n) is 13.9. The van der Waals surface area contributed by atoms with Crippen LogP contribution in [0.4, 0.5) is 0 Å². The van der Waals surface area contributed by atoms with Gasteiger partial charge < -0.3 is 5.32 Å². The second kappa shape index (κ2) is 6.57. The van der Waals surface area contributed by atoms with Crippen molar-refractivity contribution in [3.63, 3.8) is 0 Å². The number of fused-ring (bicyclic) bond motifs is 1. The van der Waals surface area contributed by atoms with E-state index in [0.29, 0.717) is 6.04 Å². The summed E-state index contributed by atoms with van der Waals surface area (Å²) in [6, 6.07) is 15.9. The number of nitrogens with one attached hydrogen (secondary N) is 1. The molecule has 2 aromatic carbocycles. The van der Waals surface area contributed by atoms with Crippen LogP contribution in [-0.2, 0) is 19.5 Å². The fraction of sp³-hybridized carbons (Fsp3) is 0.300. The molecule has 1 unspecified atom stereocenters. The first-order chi connectivity index (χ1) is 11.8. The van der Waals surface area contributed by atoms with Crippen molar-refractivity contribution < 1.29 is 0 Å². The van der Waals surface area contributed by atoms with Gasteiger partial charge in [-0.25, -0.2) is 9.67 Å². The SMILES string of the molecule is Cc1cccc2c1C(NCc1ccc(Cn3cncn3)cc1)CC2. The summed E-state index contributed by atoms with van der Waals surface area (Å²) < 4.78 is 1.84. The van der Waals surface area contributed by atoms with E-state index in [2.05, 4.69) is 64.8 Å². The van der Waals surface area contributed by atoms with E-state index in [0.717, 1.165) is 13.1 Å². The Morgan fingerprint density at radius 3 is 2.75 bits per heavy atom. The number of aromatic nitrogens is 3. The molecule has 24 heavy (non-hydrogen) atoms. The minimum Gasteiger partial charge on any atom is -0.306 e. The summed E-state index contributed by atoms with van der Waals surface area (Å²) in [5.41, 5.74) is 6.99. The molecule has 0 saturated carbocycles. The zero-order valence-corrected chi connectivity index (χ0v) is 13.9. The summed E-state index contributed by atoms with van der Waals surface area (Å²) >= 11 is 0. The highest BCUT2D eigenvalue weighted by Gasteiger charge is 2.23. The predicted octanol–water partition coefficient (Wildman–Crippen LogP) is 3.41. The maximum Gasteiger partial charge on any atom is 0.137 e. The molecule has 1 atom stereocenters. The molecule has 0 saturated heterocycles. The van der Waals surface area contributed by atoms with E-state index in [4.69, 9.17) is 0 Å². The van der Waals surface area contributed by atoms with Crippen LogP contribution in [0.15, 0.2) is 55.1 Å². The molecule has 4 nitrogen and oxygen atoms in total. The van der Waals surface area contributed by atoms with Crippen LogP contribution in [0.5, 0.6) is 0 Å². The Hall–Kier alpha value is -2.46. The van der Waals surface area contributed by atoms with E-state index < -0.39 is 0 Å². The Morgan fingerprint density at radius 1 is 1.12 bits per heavy atom. The number of aryl methyl sites for hydroxylation is 2. The van der Waals surface area contributed by atoms with E-state index in [9.17, 15) is 0 Å². The van der Waals surface area contributed by atoms with Crippen molar-refractivity contribution in [3.8, 4) is 0 Å². The van der Waals surface area contributed by atoms with Crippen LogP contribution < -0.4 is 5.32 Å². The highest BCUT2D eigenvalue weighted by molar-refractivity contribution is 5.40. The summed E-state index contributed by atoms with van der Waals surface area (Å²) in [6.07, 6.45) is 5.70. The topological polar surface area (TPSA) is 42.7 Å². The first-order valence-electron chi connectivity index (χ1n) is 8.51. The van der Waals surface area contributed by atoms with E-state index in [1.54, 1.807) is 12.7 Å². The molecule has 4 rings (SSSR count). The monoisotopic (exact) mass is 318 g/mol. The van der Waals surface area contributed by atoms with E-state index >= 15 is 0 Å². The fourth-order valence-electron chi connectivity index (χ4n) is 3.61. The third kappa shape index (κ3) is 3.10. The normalized spacial score (nSPS) is 16.3. The molecule has 1 aromatic heterocycles. The lowest BCUT2D eigenvalue weighted by atomic mass is 10.0. The summed E-state index contributed by atoms with van der Waals surface area (Å²) in [7, 11) is 0. The number of rotatable bonds is 5. The van der Waals surface area contributed by atoms with Gasteiger partial charge in [-0.15, -0.1) is 0 Å². The van der Waals surface area contributed by atoms with Crippen LogP contribution in [0.1, 0.15) is 40.3 Å². The van der Waals surface area contributed by atoms with Crippen molar-refractivity contribution in [2.75, 3.05) is 0 Å². The van der Waals surface area contributed by atoms with Gasteiger partial charge in [-0.2, -0.15) is 5.10 Å². The Balaban J connectivity index is 1.39. The number of nitrogens with zero attached hydrogens (tertiary/aromatic N) is 3. The van der Waals surface area contributed by atoms with E-state index in [1.165, 1.54) is 40.7 Å². The van der Waals surface area contributed by atoms with E-state index in [-0.39, 0.29) is 0 Å². The third-order valence-electron chi connectivity index (χ3n) is 4.85. The van der Waals surface area contributed by atoms with Gasteiger partial charge in [0, 0.05) is 12.6 Å². The maximum absolute atomic E-state index is 4.15. The van der Waals surface area contributed by atoms with Gasteiger partial charge in [0.15, 0.2) is 0 Å². The first kappa shape index (κ1) is 15.1. The molecule has 1 N–H and O–H groups in total.